The molecule has 4 heteroatoms. The van der Waals surface area contributed by atoms with Gasteiger partial charge < -0.3 is 15.5 Å². The van der Waals surface area contributed by atoms with Gasteiger partial charge in [-0.05, 0) is 37.6 Å². The number of likely N-dealkylation sites (N-methyl/N-ethyl adjacent to an activating group) is 1. The van der Waals surface area contributed by atoms with Crippen molar-refractivity contribution >= 4 is 17.3 Å². The Morgan fingerprint density at radius 3 is 2.53 bits per heavy atom. The molecular formula is C15H24ClN3. The predicted molar refractivity (Wildman–Crippen MR) is 83.1 cm³/mol. The maximum atomic E-state index is 6.16. The number of rotatable bonds is 4. The van der Waals surface area contributed by atoms with Gasteiger partial charge in [0, 0.05) is 42.9 Å². The van der Waals surface area contributed by atoms with Crippen LogP contribution >= 0.6 is 11.6 Å². The van der Waals surface area contributed by atoms with Crippen LogP contribution in [-0.2, 0) is 6.42 Å². The van der Waals surface area contributed by atoms with E-state index in [0.717, 1.165) is 44.2 Å². The lowest BCUT2D eigenvalue weighted by atomic mass is 10.0. The van der Waals surface area contributed by atoms with Crippen LogP contribution < -0.4 is 10.6 Å². The second kappa shape index (κ2) is 6.60. The maximum Gasteiger partial charge on any atom is 0.0426 e. The molecule has 1 fully saturated rings. The average Bonchev–Trinajstić information content (AvgIpc) is 2.40. The van der Waals surface area contributed by atoms with Crippen molar-refractivity contribution in [2.75, 3.05) is 37.6 Å². The van der Waals surface area contributed by atoms with Crippen LogP contribution in [-0.4, -0.2) is 43.7 Å². The zero-order valence-electron chi connectivity index (χ0n) is 11.9. The van der Waals surface area contributed by atoms with Crippen molar-refractivity contribution in [2.24, 2.45) is 5.73 Å². The molecule has 1 aliphatic heterocycles. The van der Waals surface area contributed by atoms with Crippen LogP contribution in [0.25, 0.3) is 0 Å². The van der Waals surface area contributed by atoms with Crippen LogP contribution in [0.3, 0.4) is 0 Å². The molecule has 1 aromatic rings. The fourth-order valence-electron chi connectivity index (χ4n) is 2.66. The SMILES string of the molecule is CCN1CCN(c2cc(Cl)ccc2CC(C)N)CC1. The first kappa shape index (κ1) is 14.6. The molecule has 0 saturated carbocycles. The van der Waals surface area contributed by atoms with E-state index in [9.17, 15) is 0 Å². The molecule has 1 aromatic carbocycles. The Labute approximate surface area is 121 Å². The molecule has 1 unspecified atom stereocenters. The van der Waals surface area contributed by atoms with E-state index in [2.05, 4.69) is 28.9 Å². The zero-order valence-corrected chi connectivity index (χ0v) is 12.7. The highest BCUT2D eigenvalue weighted by Gasteiger charge is 2.18. The molecule has 2 N–H and O–H groups in total. The minimum atomic E-state index is 0.178. The smallest absolute Gasteiger partial charge is 0.0426 e. The topological polar surface area (TPSA) is 32.5 Å². The molecule has 0 aromatic heterocycles. The second-order valence-corrected chi connectivity index (χ2v) is 5.81. The highest BCUT2D eigenvalue weighted by molar-refractivity contribution is 6.30. The van der Waals surface area contributed by atoms with Crippen molar-refractivity contribution in [2.45, 2.75) is 26.3 Å². The van der Waals surface area contributed by atoms with Crippen molar-refractivity contribution < 1.29 is 0 Å². The van der Waals surface area contributed by atoms with Gasteiger partial charge in [0.25, 0.3) is 0 Å². The van der Waals surface area contributed by atoms with E-state index < -0.39 is 0 Å². The van der Waals surface area contributed by atoms with Gasteiger partial charge in [-0.1, -0.05) is 24.6 Å². The molecule has 0 spiro atoms. The third-order valence-electron chi connectivity index (χ3n) is 3.75. The fourth-order valence-corrected chi connectivity index (χ4v) is 2.82. The number of nitrogens with zero attached hydrogens (tertiary/aromatic N) is 2. The van der Waals surface area contributed by atoms with Crippen LogP contribution in [0.4, 0.5) is 5.69 Å². The number of halogens is 1. The lowest BCUT2D eigenvalue weighted by Gasteiger charge is -2.36. The monoisotopic (exact) mass is 281 g/mol. The number of benzene rings is 1. The molecule has 3 nitrogen and oxygen atoms in total. The Bertz CT molecular complexity index is 412. The summed E-state index contributed by atoms with van der Waals surface area (Å²) in [5.74, 6) is 0. The van der Waals surface area contributed by atoms with Gasteiger partial charge in [0.1, 0.15) is 0 Å². The average molecular weight is 282 g/mol. The number of nitrogens with two attached hydrogens (primary N) is 1. The quantitative estimate of drug-likeness (QED) is 0.920. The van der Waals surface area contributed by atoms with E-state index in [0.29, 0.717) is 0 Å². The fraction of sp³-hybridized carbons (Fsp3) is 0.600. The molecule has 0 radical (unpaired) electrons. The van der Waals surface area contributed by atoms with E-state index in [1.165, 1.54) is 11.3 Å². The first-order chi connectivity index (χ1) is 9.10. The minimum absolute atomic E-state index is 0.178. The van der Waals surface area contributed by atoms with E-state index in [4.69, 9.17) is 17.3 Å². The van der Waals surface area contributed by atoms with Gasteiger partial charge in [-0.15, -0.1) is 0 Å². The first-order valence-corrected chi connectivity index (χ1v) is 7.49. The number of anilines is 1. The molecular weight excluding hydrogens is 258 g/mol. The van der Waals surface area contributed by atoms with Crippen LogP contribution in [0, 0.1) is 0 Å². The van der Waals surface area contributed by atoms with Crippen LogP contribution in [0.1, 0.15) is 19.4 Å². The van der Waals surface area contributed by atoms with Crippen molar-refractivity contribution in [1.29, 1.82) is 0 Å². The summed E-state index contributed by atoms with van der Waals surface area (Å²) in [6.45, 7) is 9.79. The molecule has 0 amide bonds. The maximum absolute atomic E-state index is 6.16. The van der Waals surface area contributed by atoms with E-state index in [1.807, 2.05) is 13.0 Å². The van der Waals surface area contributed by atoms with E-state index in [-0.39, 0.29) is 6.04 Å². The Kier molecular flexibility index (Phi) is 5.08. The van der Waals surface area contributed by atoms with Gasteiger partial charge >= 0.3 is 0 Å². The van der Waals surface area contributed by atoms with Gasteiger partial charge in [-0.2, -0.15) is 0 Å². The molecule has 0 bridgehead atoms. The van der Waals surface area contributed by atoms with Gasteiger partial charge in [-0.25, -0.2) is 0 Å². The van der Waals surface area contributed by atoms with Crippen molar-refractivity contribution in [3.05, 3.63) is 28.8 Å². The van der Waals surface area contributed by atoms with Gasteiger partial charge in [-0.3, -0.25) is 0 Å². The third-order valence-corrected chi connectivity index (χ3v) is 3.98. The summed E-state index contributed by atoms with van der Waals surface area (Å²) in [5, 5.41) is 0.807. The highest BCUT2D eigenvalue weighted by atomic mass is 35.5. The summed E-state index contributed by atoms with van der Waals surface area (Å²) in [4.78, 5) is 4.92. The third kappa shape index (κ3) is 3.85. The molecule has 1 heterocycles. The summed E-state index contributed by atoms with van der Waals surface area (Å²) in [5.41, 5.74) is 8.52. The molecule has 19 heavy (non-hydrogen) atoms. The Hall–Kier alpha value is -0.770. The molecule has 1 saturated heterocycles. The van der Waals surface area contributed by atoms with Gasteiger partial charge in [0.15, 0.2) is 0 Å². The zero-order chi connectivity index (χ0) is 13.8. The van der Waals surface area contributed by atoms with Crippen LogP contribution in [0.2, 0.25) is 5.02 Å². The highest BCUT2D eigenvalue weighted by Crippen LogP contribution is 2.27. The lowest BCUT2D eigenvalue weighted by Crippen LogP contribution is -2.46. The normalized spacial score (nSPS) is 18.6. The summed E-state index contributed by atoms with van der Waals surface area (Å²) >= 11 is 6.16. The molecule has 2 rings (SSSR count). The largest absolute Gasteiger partial charge is 0.369 e. The van der Waals surface area contributed by atoms with E-state index in [1.54, 1.807) is 0 Å². The number of hydrogen-bond donors (Lipinski definition) is 1. The lowest BCUT2D eigenvalue weighted by molar-refractivity contribution is 0.271. The van der Waals surface area contributed by atoms with E-state index >= 15 is 0 Å². The molecule has 106 valence electrons. The summed E-state index contributed by atoms with van der Waals surface area (Å²) in [6, 6.07) is 6.34. The molecule has 0 aliphatic carbocycles. The molecule has 1 aliphatic rings. The van der Waals surface area contributed by atoms with Crippen molar-refractivity contribution in [3.63, 3.8) is 0 Å². The van der Waals surface area contributed by atoms with Crippen molar-refractivity contribution in [3.8, 4) is 0 Å². The summed E-state index contributed by atoms with van der Waals surface area (Å²) in [6.07, 6.45) is 0.903. The first-order valence-electron chi connectivity index (χ1n) is 7.11. The van der Waals surface area contributed by atoms with Crippen LogP contribution in [0.15, 0.2) is 18.2 Å². The summed E-state index contributed by atoms with van der Waals surface area (Å²) < 4.78 is 0. The van der Waals surface area contributed by atoms with Gasteiger partial charge in [0.05, 0.1) is 0 Å². The van der Waals surface area contributed by atoms with Gasteiger partial charge in [0.2, 0.25) is 0 Å². The Balaban J connectivity index is 2.16. The minimum Gasteiger partial charge on any atom is -0.369 e. The number of piperazine rings is 1. The Morgan fingerprint density at radius 2 is 1.95 bits per heavy atom. The number of hydrogen-bond acceptors (Lipinski definition) is 3. The standard InChI is InChI=1S/C15H24ClN3/c1-3-18-6-8-19(9-7-18)15-11-14(16)5-4-13(15)10-12(2)17/h4-5,11-12H,3,6-10,17H2,1-2H3. The second-order valence-electron chi connectivity index (χ2n) is 5.38. The Morgan fingerprint density at radius 1 is 1.26 bits per heavy atom. The summed E-state index contributed by atoms with van der Waals surface area (Å²) in [7, 11) is 0. The van der Waals surface area contributed by atoms with Crippen molar-refractivity contribution in [1.82, 2.24) is 4.90 Å². The molecule has 1 atom stereocenters. The predicted octanol–water partition coefficient (Wildman–Crippen LogP) is 2.37. The van der Waals surface area contributed by atoms with Crippen LogP contribution in [0.5, 0.6) is 0 Å².